The number of rotatable bonds is 2. The maximum absolute atomic E-state index is 11.2. The second kappa shape index (κ2) is 4.04. The molecule has 3 heteroatoms. The van der Waals surface area contributed by atoms with Crippen LogP contribution in [0.2, 0.25) is 0 Å². The highest BCUT2D eigenvalue weighted by molar-refractivity contribution is 6.06. The molecule has 0 spiro atoms. The molecule has 0 atom stereocenters. The monoisotopic (exact) mass is 238 g/mol. The van der Waals surface area contributed by atoms with E-state index in [-0.39, 0.29) is 5.76 Å². The number of carbonyl (C=O) groups is 1. The van der Waals surface area contributed by atoms with Gasteiger partial charge in [0.1, 0.15) is 5.76 Å². The molecule has 0 aliphatic carbocycles. The number of hydrogen-bond acceptors (Lipinski definition) is 2. The van der Waals surface area contributed by atoms with Crippen LogP contribution in [0, 0.1) is 0 Å². The number of hydrogen-bond donors (Lipinski definition) is 1. The van der Waals surface area contributed by atoms with E-state index < -0.39 is 5.97 Å². The molecule has 18 heavy (non-hydrogen) atoms. The summed E-state index contributed by atoms with van der Waals surface area (Å²) in [6, 6.07) is 16.8. The van der Waals surface area contributed by atoms with Crippen molar-refractivity contribution in [1.29, 1.82) is 0 Å². The van der Waals surface area contributed by atoms with Gasteiger partial charge in [0.2, 0.25) is 5.76 Å². The van der Waals surface area contributed by atoms with Gasteiger partial charge in [-0.25, -0.2) is 4.79 Å². The van der Waals surface area contributed by atoms with E-state index in [0.29, 0.717) is 11.1 Å². The van der Waals surface area contributed by atoms with E-state index in [2.05, 4.69) is 0 Å². The molecule has 1 heterocycles. The van der Waals surface area contributed by atoms with Gasteiger partial charge in [0, 0.05) is 16.3 Å². The summed E-state index contributed by atoms with van der Waals surface area (Å²) in [5, 5.41) is 10.6. The first-order chi connectivity index (χ1) is 8.77. The Labute approximate surface area is 103 Å². The highest BCUT2D eigenvalue weighted by Crippen LogP contribution is 2.33. The average molecular weight is 238 g/mol. The van der Waals surface area contributed by atoms with E-state index >= 15 is 0 Å². The summed E-state index contributed by atoms with van der Waals surface area (Å²) in [4.78, 5) is 11.2. The van der Waals surface area contributed by atoms with Crippen LogP contribution in [-0.2, 0) is 0 Å². The summed E-state index contributed by atoms with van der Waals surface area (Å²) in [5.74, 6) is -0.457. The quantitative estimate of drug-likeness (QED) is 0.738. The lowest BCUT2D eigenvalue weighted by Gasteiger charge is -1.96. The van der Waals surface area contributed by atoms with Gasteiger partial charge < -0.3 is 9.52 Å². The topological polar surface area (TPSA) is 50.4 Å². The van der Waals surface area contributed by atoms with Crippen LogP contribution in [0.5, 0.6) is 0 Å². The Bertz CT molecular complexity index is 711. The number of aromatic carboxylic acids is 1. The lowest BCUT2D eigenvalue weighted by Crippen LogP contribution is -1.93. The van der Waals surface area contributed by atoms with Crippen molar-refractivity contribution >= 4 is 16.7 Å². The van der Waals surface area contributed by atoms with Gasteiger partial charge in [-0.05, 0) is 0 Å². The maximum Gasteiger partial charge on any atom is 0.372 e. The molecule has 1 N–H and O–H groups in total. The molecule has 0 fully saturated rings. The van der Waals surface area contributed by atoms with Crippen LogP contribution >= 0.6 is 0 Å². The Balaban J connectivity index is 2.34. The molecule has 3 nitrogen and oxygen atoms in total. The first kappa shape index (κ1) is 10.6. The van der Waals surface area contributed by atoms with Crippen molar-refractivity contribution in [2.75, 3.05) is 0 Å². The normalized spacial score (nSPS) is 10.7. The predicted molar refractivity (Wildman–Crippen MR) is 68.6 cm³/mol. The lowest BCUT2D eigenvalue weighted by atomic mass is 10.1. The fraction of sp³-hybridized carbons (Fsp3) is 0. The lowest BCUT2D eigenvalue weighted by molar-refractivity contribution is 0.0666. The summed E-state index contributed by atoms with van der Waals surface area (Å²) in [7, 11) is 0. The third-order valence-corrected chi connectivity index (χ3v) is 2.85. The number of carboxylic acids is 1. The molecule has 1 aromatic heterocycles. The van der Waals surface area contributed by atoms with E-state index in [1.165, 1.54) is 0 Å². The highest BCUT2D eigenvalue weighted by Gasteiger charge is 2.18. The molecule has 0 saturated heterocycles. The van der Waals surface area contributed by atoms with Crippen molar-refractivity contribution in [1.82, 2.24) is 0 Å². The zero-order valence-corrected chi connectivity index (χ0v) is 9.46. The smallest absolute Gasteiger partial charge is 0.372 e. The SMILES string of the molecule is O=C(O)c1oc(-c2ccccc2)c2ccccc12. The maximum atomic E-state index is 11.2. The van der Waals surface area contributed by atoms with Crippen LogP contribution in [0.3, 0.4) is 0 Å². The van der Waals surface area contributed by atoms with Crippen LogP contribution in [0.15, 0.2) is 59.0 Å². The van der Waals surface area contributed by atoms with Crippen LogP contribution in [-0.4, -0.2) is 11.1 Å². The first-order valence-electron chi connectivity index (χ1n) is 5.57. The van der Waals surface area contributed by atoms with E-state index in [0.717, 1.165) is 10.9 Å². The van der Waals surface area contributed by atoms with Gasteiger partial charge in [-0.1, -0.05) is 54.6 Å². The summed E-state index contributed by atoms with van der Waals surface area (Å²) in [6.45, 7) is 0. The molecule has 0 radical (unpaired) electrons. The predicted octanol–water partition coefficient (Wildman–Crippen LogP) is 3.80. The van der Waals surface area contributed by atoms with Crippen molar-refractivity contribution in [3.63, 3.8) is 0 Å². The Morgan fingerprint density at radius 2 is 1.50 bits per heavy atom. The van der Waals surface area contributed by atoms with Crippen molar-refractivity contribution in [3.05, 3.63) is 60.4 Å². The molecular formula is C15H10O3. The van der Waals surface area contributed by atoms with Crippen molar-refractivity contribution in [3.8, 4) is 11.3 Å². The average Bonchev–Trinajstić information content (AvgIpc) is 2.79. The van der Waals surface area contributed by atoms with Gasteiger partial charge >= 0.3 is 5.97 Å². The van der Waals surface area contributed by atoms with Gasteiger partial charge in [0.15, 0.2) is 0 Å². The Kier molecular flexibility index (Phi) is 2.38. The zero-order chi connectivity index (χ0) is 12.5. The number of benzene rings is 2. The number of carboxylic acid groups (broad SMARTS) is 1. The third kappa shape index (κ3) is 1.57. The van der Waals surface area contributed by atoms with Gasteiger partial charge in [-0.15, -0.1) is 0 Å². The van der Waals surface area contributed by atoms with E-state index in [1.807, 2.05) is 42.5 Å². The summed E-state index contributed by atoms with van der Waals surface area (Å²) >= 11 is 0. The van der Waals surface area contributed by atoms with E-state index in [9.17, 15) is 4.79 Å². The largest absolute Gasteiger partial charge is 0.475 e. The molecule has 0 aliphatic heterocycles. The molecular weight excluding hydrogens is 228 g/mol. The zero-order valence-electron chi connectivity index (χ0n) is 9.46. The third-order valence-electron chi connectivity index (χ3n) is 2.85. The Morgan fingerprint density at radius 3 is 2.17 bits per heavy atom. The molecule has 2 aromatic carbocycles. The molecule has 88 valence electrons. The minimum Gasteiger partial charge on any atom is -0.475 e. The molecule has 0 bridgehead atoms. The van der Waals surface area contributed by atoms with Crippen molar-refractivity contribution < 1.29 is 14.3 Å². The summed E-state index contributed by atoms with van der Waals surface area (Å²) in [5.41, 5.74) is 0.876. The fourth-order valence-electron chi connectivity index (χ4n) is 2.05. The molecule has 0 saturated carbocycles. The van der Waals surface area contributed by atoms with E-state index in [1.54, 1.807) is 12.1 Å². The van der Waals surface area contributed by atoms with Crippen molar-refractivity contribution in [2.45, 2.75) is 0 Å². The van der Waals surface area contributed by atoms with Crippen LogP contribution in [0.4, 0.5) is 0 Å². The molecule has 3 rings (SSSR count). The number of furan rings is 1. The summed E-state index contributed by atoms with van der Waals surface area (Å²) < 4.78 is 5.51. The van der Waals surface area contributed by atoms with Crippen LogP contribution < -0.4 is 0 Å². The standard InChI is InChI=1S/C15H10O3/c16-15(17)14-12-9-5-4-8-11(12)13(18-14)10-6-2-1-3-7-10/h1-9H,(H,16,17). The number of fused-ring (bicyclic) bond motifs is 1. The van der Waals surface area contributed by atoms with Gasteiger partial charge in [-0.3, -0.25) is 0 Å². The molecule has 3 aromatic rings. The second-order valence-electron chi connectivity index (χ2n) is 3.98. The first-order valence-corrected chi connectivity index (χ1v) is 5.57. The van der Waals surface area contributed by atoms with E-state index in [4.69, 9.17) is 9.52 Å². The fourth-order valence-corrected chi connectivity index (χ4v) is 2.05. The van der Waals surface area contributed by atoms with Gasteiger partial charge in [-0.2, -0.15) is 0 Å². The minimum atomic E-state index is -1.05. The summed E-state index contributed by atoms with van der Waals surface area (Å²) in [6.07, 6.45) is 0. The van der Waals surface area contributed by atoms with Crippen molar-refractivity contribution in [2.24, 2.45) is 0 Å². The van der Waals surface area contributed by atoms with Gasteiger partial charge in [0.05, 0.1) is 0 Å². The Hall–Kier alpha value is -2.55. The molecule has 0 unspecified atom stereocenters. The van der Waals surface area contributed by atoms with Crippen LogP contribution in [0.25, 0.3) is 22.1 Å². The molecule has 0 aliphatic rings. The Morgan fingerprint density at radius 1 is 0.889 bits per heavy atom. The minimum absolute atomic E-state index is 0.00977. The second-order valence-corrected chi connectivity index (χ2v) is 3.98. The molecule has 0 amide bonds. The van der Waals surface area contributed by atoms with Gasteiger partial charge in [0.25, 0.3) is 0 Å². The van der Waals surface area contributed by atoms with Crippen LogP contribution in [0.1, 0.15) is 10.6 Å². The highest BCUT2D eigenvalue weighted by atomic mass is 16.4.